The highest BCUT2D eigenvalue weighted by Crippen LogP contribution is 2.27. The Bertz CT molecular complexity index is 514. The normalized spacial score (nSPS) is 14.6. The molecule has 0 atom stereocenters. The molecule has 7 heteroatoms. The van der Waals surface area contributed by atoms with Gasteiger partial charge in [0.15, 0.2) is 0 Å². The molecule has 0 radical (unpaired) electrons. The zero-order chi connectivity index (χ0) is 14.0. The Morgan fingerprint density at radius 2 is 2.26 bits per heavy atom. The quantitative estimate of drug-likeness (QED) is 0.660. The fraction of sp³-hybridized carbons (Fsp3) is 0.500. The molecule has 0 saturated heterocycles. The molecule has 0 spiro atoms. The standard InChI is InChI=1S/C12H16N4O3/c1-13-11-10(6-9(7-14-11)16(18)19)12(17)15(2)8-4-3-5-8/h6-8H,3-5H2,1-2H3,(H,13,14). The number of nitrogens with zero attached hydrogens (tertiary/aromatic N) is 3. The van der Waals surface area contributed by atoms with Crippen LogP contribution in [0, 0.1) is 10.1 Å². The molecular weight excluding hydrogens is 248 g/mol. The summed E-state index contributed by atoms with van der Waals surface area (Å²) in [5.74, 6) is 0.132. The first-order valence-corrected chi connectivity index (χ1v) is 6.14. The molecule has 102 valence electrons. The van der Waals surface area contributed by atoms with Crippen molar-refractivity contribution < 1.29 is 9.72 Å². The SMILES string of the molecule is CNc1ncc([N+](=O)[O-])cc1C(=O)N(C)C1CCC1. The van der Waals surface area contributed by atoms with Gasteiger partial charge in [-0.3, -0.25) is 14.9 Å². The fourth-order valence-corrected chi connectivity index (χ4v) is 2.05. The predicted molar refractivity (Wildman–Crippen MR) is 70.2 cm³/mol. The minimum atomic E-state index is -0.549. The first-order valence-electron chi connectivity index (χ1n) is 6.14. The molecule has 0 bridgehead atoms. The van der Waals surface area contributed by atoms with E-state index in [1.807, 2.05) is 0 Å². The molecule has 1 saturated carbocycles. The zero-order valence-corrected chi connectivity index (χ0v) is 10.9. The number of carbonyl (C=O) groups excluding carboxylic acids is 1. The van der Waals surface area contributed by atoms with Gasteiger partial charge in [0.1, 0.15) is 12.0 Å². The van der Waals surface area contributed by atoms with Gasteiger partial charge in [0.2, 0.25) is 0 Å². The van der Waals surface area contributed by atoms with E-state index in [9.17, 15) is 14.9 Å². The topological polar surface area (TPSA) is 88.4 Å². The molecule has 1 aromatic rings. The molecule has 1 heterocycles. The lowest BCUT2D eigenvalue weighted by atomic mass is 9.91. The lowest BCUT2D eigenvalue weighted by molar-refractivity contribution is -0.385. The Labute approximate surface area is 110 Å². The number of pyridine rings is 1. The lowest BCUT2D eigenvalue weighted by Crippen LogP contribution is -2.41. The Morgan fingerprint density at radius 1 is 1.58 bits per heavy atom. The summed E-state index contributed by atoms with van der Waals surface area (Å²) < 4.78 is 0. The summed E-state index contributed by atoms with van der Waals surface area (Å²) in [7, 11) is 3.36. The van der Waals surface area contributed by atoms with Crippen LogP contribution >= 0.6 is 0 Å². The minimum absolute atomic E-state index is 0.177. The Balaban J connectivity index is 2.32. The maximum atomic E-state index is 12.4. The van der Waals surface area contributed by atoms with Crippen LogP contribution in [0.25, 0.3) is 0 Å². The van der Waals surface area contributed by atoms with Crippen molar-refractivity contribution >= 4 is 17.4 Å². The molecule has 19 heavy (non-hydrogen) atoms. The molecule has 1 fully saturated rings. The van der Waals surface area contributed by atoms with Crippen LogP contribution in [-0.2, 0) is 0 Å². The summed E-state index contributed by atoms with van der Waals surface area (Å²) in [6.07, 6.45) is 4.24. The van der Waals surface area contributed by atoms with Crippen LogP contribution in [0.15, 0.2) is 12.3 Å². The van der Waals surface area contributed by atoms with E-state index >= 15 is 0 Å². The molecule has 7 nitrogen and oxygen atoms in total. The van der Waals surface area contributed by atoms with Crippen LogP contribution in [0.1, 0.15) is 29.6 Å². The number of carbonyl (C=O) groups is 1. The van der Waals surface area contributed by atoms with E-state index in [-0.39, 0.29) is 23.2 Å². The number of aromatic nitrogens is 1. The summed E-state index contributed by atoms with van der Waals surface area (Å²) in [5, 5.41) is 13.6. The average Bonchev–Trinajstić information content (AvgIpc) is 2.34. The number of amides is 1. The van der Waals surface area contributed by atoms with E-state index in [1.54, 1.807) is 19.0 Å². The monoisotopic (exact) mass is 264 g/mol. The maximum absolute atomic E-state index is 12.4. The Morgan fingerprint density at radius 3 is 2.74 bits per heavy atom. The maximum Gasteiger partial charge on any atom is 0.288 e. The van der Waals surface area contributed by atoms with Crippen molar-refractivity contribution in [2.24, 2.45) is 0 Å². The smallest absolute Gasteiger partial charge is 0.288 e. The lowest BCUT2D eigenvalue weighted by Gasteiger charge is -2.34. The molecular formula is C12H16N4O3. The second-order valence-corrected chi connectivity index (χ2v) is 4.60. The summed E-state index contributed by atoms with van der Waals surface area (Å²) >= 11 is 0. The van der Waals surface area contributed by atoms with Crippen molar-refractivity contribution in [1.29, 1.82) is 0 Å². The van der Waals surface area contributed by atoms with E-state index in [0.717, 1.165) is 25.5 Å². The van der Waals surface area contributed by atoms with Gasteiger partial charge in [-0.1, -0.05) is 0 Å². The second kappa shape index (κ2) is 5.21. The molecule has 0 unspecified atom stereocenters. The van der Waals surface area contributed by atoms with Crippen LogP contribution in [0.4, 0.5) is 11.5 Å². The summed E-state index contributed by atoms with van der Waals surface area (Å²) in [5.41, 5.74) is 0.0652. The van der Waals surface area contributed by atoms with Gasteiger partial charge in [-0.15, -0.1) is 0 Å². The van der Waals surface area contributed by atoms with Gasteiger partial charge >= 0.3 is 0 Å². The fourth-order valence-electron chi connectivity index (χ4n) is 2.05. The van der Waals surface area contributed by atoms with Crippen molar-refractivity contribution in [1.82, 2.24) is 9.88 Å². The second-order valence-electron chi connectivity index (χ2n) is 4.60. The first kappa shape index (κ1) is 13.3. The number of nitro groups is 1. The number of anilines is 1. The van der Waals surface area contributed by atoms with Crippen molar-refractivity contribution in [3.05, 3.63) is 27.9 Å². The van der Waals surface area contributed by atoms with E-state index in [4.69, 9.17) is 0 Å². The highest BCUT2D eigenvalue weighted by Gasteiger charge is 2.28. The molecule has 0 aliphatic heterocycles. The van der Waals surface area contributed by atoms with E-state index in [0.29, 0.717) is 5.82 Å². The minimum Gasteiger partial charge on any atom is -0.372 e. The van der Waals surface area contributed by atoms with Crippen LogP contribution in [0.2, 0.25) is 0 Å². The Hall–Kier alpha value is -2.18. The van der Waals surface area contributed by atoms with E-state index < -0.39 is 4.92 Å². The van der Waals surface area contributed by atoms with Gasteiger partial charge in [0.05, 0.1) is 10.5 Å². The molecule has 1 aromatic heterocycles. The van der Waals surface area contributed by atoms with Gasteiger partial charge < -0.3 is 10.2 Å². The zero-order valence-electron chi connectivity index (χ0n) is 10.9. The van der Waals surface area contributed by atoms with E-state index in [2.05, 4.69) is 10.3 Å². The van der Waals surface area contributed by atoms with Gasteiger partial charge in [0.25, 0.3) is 11.6 Å². The van der Waals surface area contributed by atoms with Gasteiger partial charge in [0, 0.05) is 26.2 Å². The largest absolute Gasteiger partial charge is 0.372 e. The molecule has 2 rings (SSSR count). The van der Waals surface area contributed by atoms with Crippen molar-refractivity contribution in [3.63, 3.8) is 0 Å². The molecule has 1 aliphatic carbocycles. The summed E-state index contributed by atoms with van der Waals surface area (Å²) in [4.78, 5) is 28.1. The van der Waals surface area contributed by atoms with Crippen LogP contribution < -0.4 is 5.32 Å². The molecule has 1 aliphatic rings. The van der Waals surface area contributed by atoms with Gasteiger partial charge in [-0.05, 0) is 19.3 Å². The number of nitrogens with one attached hydrogen (secondary N) is 1. The van der Waals surface area contributed by atoms with E-state index in [1.165, 1.54) is 6.07 Å². The number of rotatable bonds is 4. The molecule has 1 N–H and O–H groups in total. The van der Waals surface area contributed by atoms with Crippen molar-refractivity contribution in [2.45, 2.75) is 25.3 Å². The third-order valence-electron chi connectivity index (χ3n) is 3.49. The molecule has 0 aromatic carbocycles. The van der Waals surface area contributed by atoms with Gasteiger partial charge in [-0.25, -0.2) is 4.98 Å². The van der Waals surface area contributed by atoms with Crippen LogP contribution in [-0.4, -0.2) is 40.9 Å². The van der Waals surface area contributed by atoms with Crippen LogP contribution in [0.3, 0.4) is 0 Å². The third-order valence-corrected chi connectivity index (χ3v) is 3.49. The first-order chi connectivity index (χ1) is 9.04. The molecule has 1 amide bonds. The summed E-state index contributed by atoms with van der Waals surface area (Å²) in [6, 6.07) is 1.51. The third kappa shape index (κ3) is 2.49. The predicted octanol–water partition coefficient (Wildman–Crippen LogP) is 1.66. The van der Waals surface area contributed by atoms with Crippen molar-refractivity contribution in [2.75, 3.05) is 19.4 Å². The highest BCUT2D eigenvalue weighted by atomic mass is 16.6. The number of hydrogen-bond acceptors (Lipinski definition) is 5. The van der Waals surface area contributed by atoms with Crippen LogP contribution in [0.5, 0.6) is 0 Å². The van der Waals surface area contributed by atoms with Gasteiger partial charge in [-0.2, -0.15) is 0 Å². The summed E-state index contributed by atoms with van der Waals surface area (Å²) in [6.45, 7) is 0. The number of hydrogen-bond donors (Lipinski definition) is 1. The highest BCUT2D eigenvalue weighted by molar-refractivity contribution is 5.99. The average molecular weight is 264 g/mol. The van der Waals surface area contributed by atoms with Crippen molar-refractivity contribution in [3.8, 4) is 0 Å². The Kier molecular flexibility index (Phi) is 3.64.